The van der Waals surface area contributed by atoms with Crippen LogP contribution in [0.1, 0.15) is 36.5 Å². The van der Waals surface area contributed by atoms with Crippen molar-refractivity contribution in [3.05, 3.63) is 71.2 Å². The third-order valence-corrected chi connectivity index (χ3v) is 6.82. The van der Waals surface area contributed by atoms with Crippen molar-refractivity contribution in [3.63, 3.8) is 0 Å². The number of halogens is 3. The summed E-state index contributed by atoms with van der Waals surface area (Å²) >= 11 is 0. The Labute approximate surface area is 212 Å². The molecular formula is C28H27F3N2O4. The van der Waals surface area contributed by atoms with E-state index < -0.39 is 35.4 Å². The summed E-state index contributed by atoms with van der Waals surface area (Å²) in [6.45, 7) is 1.01. The van der Waals surface area contributed by atoms with Crippen LogP contribution in [0.25, 0.3) is 10.9 Å². The number of ether oxygens (including phenoxy) is 1. The van der Waals surface area contributed by atoms with E-state index in [1.54, 1.807) is 18.2 Å². The molecule has 0 unspecified atom stereocenters. The Morgan fingerprint density at radius 2 is 2.03 bits per heavy atom. The summed E-state index contributed by atoms with van der Waals surface area (Å²) in [7, 11) is 1.49. The number of carbonyl (C=O) groups is 1. The third-order valence-electron chi connectivity index (χ3n) is 6.82. The lowest BCUT2D eigenvalue weighted by molar-refractivity contribution is -0.146. The fourth-order valence-corrected chi connectivity index (χ4v) is 4.83. The van der Waals surface area contributed by atoms with Crippen molar-refractivity contribution in [1.29, 1.82) is 0 Å². The Kier molecular flexibility index (Phi) is 8.31. The minimum atomic E-state index is -1.14. The average Bonchev–Trinajstić information content (AvgIpc) is 2.89. The Morgan fingerprint density at radius 3 is 2.78 bits per heavy atom. The van der Waals surface area contributed by atoms with Crippen LogP contribution in [0, 0.1) is 41.1 Å². The third kappa shape index (κ3) is 6.21. The molecule has 1 aromatic heterocycles. The fraction of sp³-hybridized carbons (Fsp3) is 0.357. The zero-order chi connectivity index (χ0) is 26.5. The van der Waals surface area contributed by atoms with Crippen LogP contribution in [0.4, 0.5) is 13.2 Å². The molecule has 1 fully saturated rings. The molecule has 0 saturated carbocycles. The quantitative estimate of drug-likeness (QED) is 0.452. The predicted molar refractivity (Wildman–Crippen MR) is 131 cm³/mol. The van der Waals surface area contributed by atoms with E-state index in [9.17, 15) is 28.2 Å². The van der Waals surface area contributed by atoms with Gasteiger partial charge in [-0.25, -0.2) is 13.2 Å². The predicted octanol–water partition coefficient (Wildman–Crippen LogP) is 4.55. The van der Waals surface area contributed by atoms with Crippen LogP contribution in [0.15, 0.2) is 42.6 Å². The molecule has 0 spiro atoms. The molecule has 37 heavy (non-hydrogen) atoms. The van der Waals surface area contributed by atoms with Gasteiger partial charge in [-0.3, -0.25) is 14.7 Å². The minimum absolute atomic E-state index is 0.0489. The number of hydrogen-bond acceptors (Lipinski definition) is 5. The molecule has 194 valence electrons. The van der Waals surface area contributed by atoms with Gasteiger partial charge in [0.25, 0.3) is 0 Å². The number of piperidine rings is 1. The maximum atomic E-state index is 14.7. The SMILES string of the molecule is COc1ccc2ncc(F)c([C@@H](O)CC[C@H]3CCN(CC#Cc4cc(F)ccc4F)C[C@H]3C(=O)O)c2c1. The first-order valence-electron chi connectivity index (χ1n) is 12.0. The number of aromatic nitrogens is 1. The van der Waals surface area contributed by atoms with Gasteiger partial charge in [0.1, 0.15) is 23.2 Å². The van der Waals surface area contributed by atoms with Crippen molar-refractivity contribution in [2.45, 2.75) is 25.4 Å². The Morgan fingerprint density at radius 1 is 1.22 bits per heavy atom. The summed E-state index contributed by atoms with van der Waals surface area (Å²) in [6.07, 6.45) is 1.05. The van der Waals surface area contributed by atoms with Crippen LogP contribution in [0.3, 0.4) is 0 Å². The normalized spacial score (nSPS) is 18.7. The molecule has 1 aliphatic heterocycles. The van der Waals surface area contributed by atoms with Crippen LogP contribution in [0.2, 0.25) is 0 Å². The van der Waals surface area contributed by atoms with E-state index in [0.717, 1.165) is 24.4 Å². The van der Waals surface area contributed by atoms with Crippen LogP contribution in [0.5, 0.6) is 5.75 Å². The molecule has 2 heterocycles. The molecule has 3 aromatic rings. The van der Waals surface area contributed by atoms with Crippen molar-refractivity contribution in [1.82, 2.24) is 9.88 Å². The van der Waals surface area contributed by atoms with Gasteiger partial charge in [0, 0.05) is 17.5 Å². The zero-order valence-electron chi connectivity index (χ0n) is 20.3. The smallest absolute Gasteiger partial charge is 0.308 e. The number of pyridine rings is 1. The summed E-state index contributed by atoms with van der Waals surface area (Å²) in [6, 6.07) is 8.06. The minimum Gasteiger partial charge on any atom is -0.497 e. The van der Waals surface area contributed by atoms with Gasteiger partial charge in [0.15, 0.2) is 0 Å². The lowest BCUT2D eigenvalue weighted by atomic mass is 9.81. The van der Waals surface area contributed by atoms with Crippen molar-refractivity contribution in [2.24, 2.45) is 11.8 Å². The number of methoxy groups -OCH3 is 1. The molecule has 0 bridgehead atoms. The number of carboxylic acids is 1. The maximum absolute atomic E-state index is 14.7. The first-order chi connectivity index (χ1) is 17.8. The Balaban J connectivity index is 1.41. The van der Waals surface area contributed by atoms with Crippen LogP contribution in [-0.2, 0) is 4.79 Å². The second-order valence-electron chi connectivity index (χ2n) is 9.15. The lowest BCUT2D eigenvalue weighted by Crippen LogP contribution is -2.44. The number of rotatable bonds is 7. The standard InChI is InChI=1S/C28H27F3N2O4/c1-37-20-6-8-25-21(14-20)27(24(31)15-32-25)26(34)9-4-17-10-12-33(16-22(17)28(35)36)11-2-3-18-13-19(29)5-7-23(18)30/h5-8,13-15,17,22,26,34H,4,9-12,16H2,1H3,(H,35,36)/t17-,22+,26-/m0/s1. The van der Waals surface area contributed by atoms with Gasteiger partial charge >= 0.3 is 5.97 Å². The number of carboxylic acid groups (broad SMARTS) is 1. The van der Waals surface area contributed by atoms with Gasteiger partial charge in [-0.1, -0.05) is 11.8 Å². The highest BCUT2D eigenvalue weighted by Crippen LogP contribution is 2.34. The molecule has 0 radical (unpaired) electrons. The highest BCUT2D eigenvalue weighted by Gasteiger charge is 2.34. The van der Waals surface area contributed by atoms with E-state index in [1.807, 2.05) is 4.90 Å². The average molecular weight is 513 g/mol. The van der Waals surface area contributed by atoms with Gasteiger partial charge in [0.2, 0.25) is 0 Å². The summed E-state index contributed by atoms with van der Waals surface area (Å²) in [5.41, 5.74) is 0.590. The number of aliphatic carboxylic acids is 1. The Bertz CT molecular complexity index is 1350. The van der Waals surface area contributed by atoms with Gasteiger partial charge in [0.05, 0.1) is 43.0 Å². The topological polar surface area (TPSA) is 82.9 Å². The second-order valence-corrected chi connectivity index (χ2v) is 9.15. The molecular weight excluding hydrogens is 485 g/mol. The monoisotopic (exact) mass is 512 g/mol. The molecule has 1 aliphatic rings. The van der Waals surface area contributed by atoms with Crippen molar-refractivity contribution >= 4 is 16.9 Å². The molecule has 2 N–H and O–H groups in total. The molecule has 9 heteroatoms. The highest BCUT2D eigenvalue weighted by molar-refractivity contribution is 5.84. The van der Waals surface area contributed by atoms with Gasteiger partial charge in [-0.15, -0.1) is 0 Å². The molecule has 0 amide bonds. The summed E-state index contributed by atoms with van der Waals surface area (Å²) in [5.74, 6) is 2.19. The summed E-state index contributed by atoms with van der Waals surface area (Å²) < 4.78 is 47.0. The molecule has 3 atom stereocenters. The highest BCUT2D eigenvalue weighted by atomic mass is 19.1. The largest absolute Gasteiger partial charge is 0.497 e. The number of aliphatic hydroxyl groups is 1. The van der Waals surface area contributed by atoms with Gasteiger partial charge in [-0.2, -0.15) is 0 Å². The molecule has 2 aromatic carbocycles. The van der Waals surface area contributed by atoms with E-state index >= 15 is 0 Å². The number of benzene rings is 2. The maximum Gasteiger partial charge on any atom is 0.308 e. The van der Waals surface area contributed by atoms with E-state index in [-0.39, 0.29) is 36.6 Å². The zero-order valence-corrected chi connectivity index (χ0v) is 20.3. The fourth-order valence-electron chi connectivity index (χ4n) is 4.83. The van der Waals surface area contributed by atoms with Crippen LogP contribution < -0.4 is 4.74 Å². The first-order valence-corrected chi connectivity index (χ1v) is 12.0. The molecule has 1 saturated heterocycles. The van der Waals surface area contributed by atoms with Crippen LogP contribution in [-0.4, -0.2) is 52.8 Å². The van der Waals surface area contributed by atoms with Crippen molar-refractivity contribution in [3.8, 4) is 17.6 Å². The van der Waals surface area contributed by atoms with E-state index in [4.69, 9.17) is 4.74 Å². The lowest BCUT2D eigenvalue weighted by Gasteiger charge is -2.36. The molecule has 4 rings (SSSR count). The van der Waals surface area contributed by atoms with Gasteiger partial charge < -0.3 is 14.9 Å². The van der Waals surface area contributed by atoms with E-state index in [0.29, 0.717) is 36.0 Å². The number of likely N-dealkylation sites (tertiary alicyclic amines) is 1. The number of fused-ring (bicyclic) bond motifs is 1. The first kappa shape index (κ1) is 26.5. The molecule has 0 aliphatic carbocycles. The van der Waals surface area contributed by atoms with Gasteiger partial charge in [-0.05, 0) is 68.1 Å². The number of nitrogens with zero attached hydrogens (tertiary/aromatic N) is 2. The summed E-state index contributed by atoms with van der Waals surface area (Å²) in [5, 5.41) is 21.2. The van der Waals surface area contributed by atoms with E-state index in [1.165, 1.54) is 7.11 Å². The number of hydrogen-bond donors (Lipinski definition) is 2. The number of aliphatic hydroxyl groups excluding tert-OH is 1. The van der Waals surface area contributed by atoms with Crippen molar-refractivity contribution in [2.75, 3.05) is 26.7 Å². The molecule has 6 nitrogen and oxygen atoms in total. The summed E-state index contributed by atoms with van der Waals surface area (Å²) in [4.78, 5) is 17.9. The van der Waals surface area contributed by atoms with Crippen molar-refractivity contribution < 1.29 is 32.9 Å². The Hall–Kier alpha value is -3.61. The van der Waals surface area contributed by atoms with Crippen LogP contribution >= 0.6 is 0 Å². The second kappa shape index (κ2) is 11.6. The van der Waals surface area contributed by atoms with E-state index in [2.05, 4.69) is 16.8 Å².